The molecule has 1 saturated heterocycles. The predicted molar refractivity (Wildman–Crippen MR) is 119 cm³/mol. The Morgan fingerprint density at radius 1 is 0.969 bits per heavy atom. The number of nitrogens with zero attached hydrogens (tertiary/aromatic N) is 2. The van der Waals surface area contributed by atoms with E-state index in [-0.39, 0.29) is 6.09 Å². The first-order valence-electron chi connectivity index (χ1n) is 10.2. The maximum Gasteiger partial charge on any atom is 0.416 e. The van der Waals surface area contributed by atoms with E-state index in [4.69, 9.17) is 9.47 Å². The molecule has 0 N–H and O–H groups in total. The molecule has 2 aromatic carbocycles. The summed E-state index contributed by atoms with van der Waals surface area (Å²) in [5.74, 6) is 0.678. The van der Waals surface area contributed by atoms with Crippen molar-refractivity contribution < 1.29 is 27.4 Å². The maximum atomic E-state index is 13.4. The third kappa shape index (κ3) is 6.25. The van der Waals surface area contributed by atoms with Crippen molar-refractivity contribution in [2.45, 2.75) is 42.3 Å². The van der Waals surface area contributed by atoms with Gasteiger partial charge in [0.2, 0.25) is 0 Å². The van der Waals surface area contributed by atoms with Crippen LogP contribution in [0.4, 0.5) is 23.7 Å². The summed E-state index contributed by atoms with van der Waals surface area (Å²) in [6.45, 7) is 7.30. The van der Waals surface area contributed by atoms with Gasteiger partial charge >= 0.3 is 12.3 Å². The largest absolute Gasteiger partial charge is 0.497 e. The van der Waals surface area contributed by atoms with Crippen LogP contribution in [0.5, 0.6) is 5.75 Å². The van der Waals surface area contributed by atoms with Crippen LogP contribution in [0.25, 0.3) is 0 Å². The molecule has 174 valence electrons. The molecule has 0 bridgehead atoms. The summed E-state index contributed by atoms with van der Waals surface area (Å²) >= 11 is 1.27. The van der Waals surface area contributed by atoms with Crippen LogP contribution in [0, 0.1) is 0 Å². The Hall–Kier alpha value is -2.55. The molecule has 1 amide bonds. The number of benzene rings is 2. The van der Waals surface area contributed by atoms with Gasteiger partial charge < -0.3 is 19.3 Å². The van der Waals surface area contributed by atoms with Crippen molar-refractivity contribution in [3.05, 3.63) is 48.0 Å². The number of carbonyl (C=O) groups is 1. The van der Waals surface area contributed by atoms with E-state index in [1.54, 1.807) is 24.1 Å². The minimum Gasteiger partial charge on any atom is -0.497 e. The van der Waals surface area contributed by atoms with E-state index in [9.17, 15) is 18.0 Å². The summed E-state index contributed by atoms with van der Waals surface area (Å²) in [6, 6.07) is 11.0. The number of methoxy groups -OCH3 is 1. The summed E-state index contributed by atoms with van der Waals surface area (Å²) in [5, 5.41) is 0. The van der Waals surface area contributed by atoms with Gasteiger partial charge in [-0.25, -0.2) is 4.79 Å². The topological polar surface area (TPSA) is 42.0 Å². The molecular formula is C23H27F3N2O3S. The number of anilines is 1. The third-order valence-corrected chi connectivity index (χ3v) is 5.90. The Morgan fingerprint density at radius 2 is 1.59 bits per heavy atom. The summed E-state index contributed by atoms with van der Waals surface area (Å²) in [5.41, 5.74) is -0.559. The molecule has 5 nitrogen and oxygen atoms in total. The lowest BCUT2D eigenvalue weighted by atomic mass is 10.1. The molecule has 32 heavy (non-hydrogen) atoms. The van der Waals surface area contributed by atoms with Crippen LogP contribution in [0.3, 0.4) is 0 Å². The lowest BCUT2D eigenvalue weighted by molar-refractivity contribution is -0.137. The van der Waals surface area contributed by atoms with Gasteiger partial charge in [-0.15, -0.1) is 0 Å². The zero-order valence-corrected chi connectivity index (χ0v) is 19.3. The number of ether oxygens (including phenoxy) is 2. The van der Waals surface area contributed by atoms with Gasteiger partial charge in [-0.1, -0.05) is 11.8 Å². The number of piperazine rings is 1. The molecule has 0 radical (unpaired) electrons. The number of rotatable bonds is 4. The van der Waals surface area contributed by atoms with Gasteiger partial charge in [-0.2, -0.15) is 13.2 Å². The molecule has 0 aliphatic carbocycles. The van der Waals surface area contributed by atoms with Crippen molar-refractivity contribution in [2.75, 3.05) is 38.2 Å². The lowest BCUT2D eigenvalue weighted by Crippen LogP contribution is -2.50. The van der Waals surface area contributed by atoms with Crippen molar-refractivity contribution >= 4 is 23.5 Å². The van der Waals surface area contributed by atoms with E-state index in [0.717, 1.165) is 11.0 Å². The van der Waals surface area contributed by atoms with Crippen molar-refractivity contribution in [3.8, 4) is 5.75 Å². The average Bonchev–Trinajstić information content (AvgIpc) is 2.72. The first-order chi connectivity index (χ1) is 15.0. The van der Waals surface area contributed by atoms with E-state index in [2.05, 4.69) is 0 Å². The van der Waals surface area contributed by atoms with E-state index >= 15 is 0 Å². The van der Waals surface area contributed by atoms with Crippen LogP contribution in [0.1, 0.15) is 26.3 Å². The number of alkyl halides is 3. The fraction of sp³-hybridized carbons (Fsp3) is 0.435. The molecule has 1 aliphatic heterocycles. The molecule has 0 saturated carbocycles. The van der Waals surface area contributed by atoms with Gasteiger partial charge in [0.25, 0.3) is 0 Å². The Bertz CT molecular complexity index is 935. The maximum absolute atomic E-state index is 13.4. The highest BCUT2D eigenvalue weighted by Gasteiger charge is 2.32. The fourth-order valence-corrected chi connectivity index (χ4v) is 4.27. The highest BCUT2D eigenvalue weighted by Crippen LogP contribution is 2.40. The predicted octanol–water partition coefficient (Wildman–Crippen LogP) is 5.92. The van der Waals surface area contributed by atoms with Gasteiger partial charge in [0.15, 0.2) is 0 Å². The normalized spacial score (nSPS) is 15.0. The first-order valence-corrected chi connectivity index (χ1v) is 11.0. The zero-order chi connectivity index (χ0) is 23.5. The summed E-state index contributed by atoms with van der Waals surface area (Å²) in [4.78, 5) is 17.3. The number of hydrogen-bond donors (Lipinski definition) is 0. The second-order valence-corrected chi connectivity index (χ2v) is 9.53. The molecule has 3 rings (SSSR count). The molecular weight excluding hydrogens is 441 g/mol. The van der Waals surface area contributed by atoms with Gasteiger partial charge in [0.1, 0.15) is 11.4 Å². The third-order valence-electron chi connectivity index (χ3n) is 4.85. The lowest BCUT2D eigenvalue weighted by Gasteiger charge is -2.37. The molecule has 1 fully saturated rings. The minimum absolute atomic E-state index is 0.377. The zero-order valence-electron chi connectivity index (χ0n) is 18.5. The number of halogens is 3. The van der Waals surface area contributed by atoms with Gasteiger partial charge in [0, 0.05) is 36.0 Å². The Balaban J connectivity index is 1.80. The van der Waals surface area contributed by atoms with Gasteiger partial charge in [-0.3, -0.25) is 0 Å². The van der Waals surface area contributed by atoms with Crippen LogP contribution < -0.4 is 9.64 Å². The van der Waals surface area contributed by atoms with Crippen molar-refractivity contribution in [1.82, 2.24) is 4.90 Å². The minimum atomic E-state index is -4.43. The van der Waals surface area contributed by atoms with E-state index in [1.165, 1.54) is 23.9 Å². The van der Waals surface area contributed by atoms with E-state index in [1.807, 2.05) is 37.8 Å². The second kappa shape index (κ2) is 9.52. The Morgan fingerprint density at radius 3 is 2.12 bits per heavy atom. The number of amides is 1. The van der Waals surface area contributed by atoms with Gasteiger partial charge in [0.05, 0.1) is 18.4 Å². The summed E-state index contributed by atoms with van der Waals surface area (Å²) in [6.07, 6.45) is -4.80. The monoisotopic (exact) mass is 468 g/mol. The van der Waals surface area contributed by atoms with E-state index < -0.39 is 17.3 Å². The van der Waals surface area contributed by atoms with Crippen molar-refractivity contribution in [2.24, 2.45) is 0 Å². The number of hydrogen-bond acceptors (Lipinski definition) is 5. The highest BCUT2D eigenvalue weighted by molar-refractivity contribution is 7.99. The average molecular weight is 469 g/mol. The molecule has 0 atom stereocenters. The van der Waals surface area contributed by atoms with Gasteiger partial charge in [-0.05, 0) is 63.2 Å². The summed E-state index contributed by atoms with van der Waals surface area (Å²) in [7, 11) is 1.56. The Kier molecular flexibility index (Phi) is 7.17. The second-order valence-electron chi connectivity index (χ2n) is 8.41. The molecule has 1 aliphatic rings. The van der Waals surface area contributed by atoms with Crippen LogP contribution in [0.15, 0.2) is 52.3 Å². The molecule has 0 aromatic heterocycles. The quantitative estimate of drug-likeness (QED) is 0.557. The van der Waals surface area contributed by atoms with Crippen LogP contribution in [0.2, 0.25) is 0 Å². The SMILES string of the molecule is COc1ccc(Sc2cc(C(F)(F)F)ccc2N2CCN(C(=O)OC(C)(C)C)CC2)cc1. The molecule has 2 aromatic rings. The molecule has 9 heteroatoms. The van der Waals surface area contributed by atoms with Crippen molar-refractivity contribution in [1.29, 1.82) is 0 Å². The highest BCUT2D eigenvalue weighted by atomic mass is 32.2. The van der Waals surface area contributed by atoms with Crippen LogP contribution in [-0.4, -0.2) is 49.9 Å². The standard InChI is InChI=1S/C23H27F3N2O3S/c1-22(2,3)31-21(29)28-13-11-27(12-14-28)19-10-5-16(23(24,25)26)15-20(19)32-18-8-6-17(30-4)7-9-18/h5-10,15H,11-14H2,1-4H3. The molecule has 1 heterocycles. The Labute approximate surface area is 190 Å². The molecule has 0 spiro atoms. The summed E-state index contributed by atoms with van der Waals surface area (Å²) < 4.78 is 50.6. The van der Waals surface area contributed by atoms with Crippen molar-refractivity contribution in [3.63, 3.8) is 0 Å². The van der Waals surface area contributed by atoms with Crippen LogP contribution >= 0.6 is 11.8 Å². The fourth-order valence-electron chi connectivity index (χ4n) is 3.26. The number of carbonyl (C=O) groups excluding carboxylic acids is 1. The van der Waals surface area contributed by atoms with E-state index in [0.29, 0.717) is 42.5 Å². The smallest absolute Gasteiger partial charge is 0.416 e. The first kappa shape index (κ1) is 24.1. The van der Waals surface area contributed by atoms with Crippen LogP contribution in [-0.2, 0) is 10.9 Å². The molecule has 0 unspecified atom stereocenters.